The Labute approximate surface area is 305 Å². The number of aromatic nitrogens is 2. The van der Waals surface area contributed by atoms with Gasteiger partial charge in [-0.3, -0.25) is 0 Å². The van der Waals surface area contributed by atoms with Crippen molar-refractivity contribution in [2.75, 3.05) is 4.90 Å². The first kappa shape index (κ1) is 30.2. The van der Waals surface area contributed by atoms with Crippen LogP contribution in [-0.4, -0.2) is 9.97 Å². The van der Waals surface area contributed by atoms with Crippen molar-refractivity contribution in [3.63, 3.8) is 0 Å². The summed E-state index contributed by atoms with van der Waals surface area (Å²) in [7, 11) is 0. The smallest absolute Gasteiger partial charge is 0.0973 e. The van der Waals surface area contributed by atoms with E-state index in [2.05, 4.69) is 181 Å². The molecule has 2 aromatic heterocycles. The minimum absolute atomic E-state index is 0.883. The third kappa shape index (κ3) is 5.20. The monoisotopic (exact) mass is 681 g/mol. The van der Waals surface area contributed by atoms with Crippen LogP contribution in [-0.2, 0) is 0 Å². The molecule has 3 nitrogen and oxygen atoms in total. The van der Waals surface area contributed by atoms with Gasteiger partial charge in [0, 0.05) is 53.7 Å². The molecule has 0 amide bonds. The van der Waals surface area contributed by atoms with Crippen molar-refractivity contribution in [3.05, 3.63) is 188 Å². The van der Waals surface area contributed by atoms with Crippen molar-refractivity contribution in [2.45, 2.75) is 0 Å². The Morgan fingerprint density at radius 2 is 1.00 bits per heavy atom. The number of hydrogen-bond acceptors (Lipinski definition) is 4. The fraction of sp³-hybridized carbons (Fsp3) is 0. The fourth-order valence-corrected chi connectivity index (χ4v) is 8.57. The molecule has 52 heavy (non-hydrogen) atoms. The number of nitrogens with zero attached hydrogens (tertiary/aromatic N) is 3. The highest BCUT2D eigenvalue weighted by Gasteiger charge is 2.20. The standard InChI is InChI=1S/C48H31N3S/c1-5-15-32(16-6-1)46-47(33-17-7-2-8-18-33)50-48-39-27-25-35(29-34(39)26-28-42(48)49-46)41-30-38(31-44-45(41)40-23-13-14-24-43(40)52-44)51(36-19-9-3-10-20-36)37-21-11-4-12-22-37/h1-31H. The Morgan fingerprint density at radius 3 is 1.67 bits per heavy atom. The molecular weight excluding hydrogens is 651 g/mol. The van der Waals surface area contributed by atoms with E-state index in [9.17, 15) is 0 Å². The van der Waals surface area contributed by atoms with Crippen molar-refractivity contribution in [1.29, 1.82) is 0 Å². The Kier molecular flexibility index (Phi) is 7.33. The van der Waals surface area contributed by atoms with Crippen LogP contribution in [0.5, 0.6) is 0 Å². The summed E-state index contributed by atoms with van der Waals surface area (Å²) in [5, 5.41) is 4.78. The first-order valence-electron chi connectivity index (χ1n) is 17.5. The van der Waals surface area contributed by atoms with Gasteiger partial charge in [-0.05, 0) is 71.1 Å². The van der Waals surface area contributed by atoms with Crippen LogP contribution in [0.1, 0.15) is 0 Å². The van der Waals surface area contributed by atoms with Crippen LogP contribution in [0.2, 0.25) is 0 Å². The van der Waals surface area contributed by atoms with Gasteiger partial charge in [0.25, 0.3) is 0 Å². The molecule has 8 aromatic carbocycles. The van der Waals surface area contributed by atoms with Crippen molar-refractivity contribution < 1.29 is 0 Å². The minimum Gasteiger partial charge on any atom is -0.310 e. The third-order valence-electron chi connectivity index (χ3n) is 9.81. The van der Waals surface area contributed by atoms with Gasteiger partial charge in [0.1, 0.15) is 0 Å². The molecule has 0 aliphatic rings. The van der Waals surface area contributed by atoms with Crippen LogP contribution in [0.3, 0.4) is 0 Å². The zero-order valence-corrected chi connectivity index (χ0v) is 29.0. The highest BCUT2D eigenvalue weighted by molar-refractivity contribution is 7.26. The van der Waals surface area contributed by atoms with Crippen molar-refractivity contribution >= 4 is 70.4 Å². The van der Waals surface area contributed by atoms with E-state index >= 15 is 0 Å². The number of hydrogen-bond donors (Lipinski definition) is 0. The molecule has 0 spiro atoms. The van der Waals surface area contributed by atoms with E-state index in [-0.39, 0.29) is 0 Å². The maximum atomic E-state index is 5.37. The zero-order valence-electron chi connectivity index (χ0n) is 28.1. The van der Waals surface area contributed by atoms with Crippen molar-refractivity contribution in [1.82, 2.24) is 9.97 Å². The molecule has 0 bridgehead atoms. The topological polar surface area (TPSA) is 29.0 Å². The highest BCUT2D eigenvalue weighted by atomic mass is 32.1. The lowest BCUT2D eigenvalue weighted by molar-refractivity contribution is 1.29. The normalized spacial score (nSPS) is 11.5. The van der Waals surface area contributed by atoms with Gasteiger partial charge in [0.05, 0.1) is 22.4 Å². The molecule has 0 atom stereocenters. The summed E-state index contributed by atoms with van der Waals surface area (Å²) < 4.78 is 2.54. The van der Waals surface area contributed by atoms with E-state index in [1.54, 1.807) is 0 Å². The van der Waals surface area contributed by atoms with E-state index in [0.717, 1.165) is 61.4 Å². The van der Waals surface area contributed by atoms with Crippen LogP contribution in [0.15, 0.2) is 188 Å². The van der Waals surface area contributed by atoms with Gasteiger partial charge in [-0.25, -0.2) is 9.97 Å². The van der Waals surface area contributed by atoms with Gasteiger partial charge in [-0.2, -0.15) is 0 Å². The molecule has 10 rings (SSSR count). The maximum absolute atomic E-state index is 5.37. The van der Waals surface area contributed by atoms with Gasteiger partial charge in [-0.1, -0.05) is 133 Å². The van der Waals surface area contributed by atoms with Crippen molar-refractivity contribution in [2.24, 2.45) is 0 Å². The molecule has 0 aliphatic carbocycles. The Bertz CT molecular complexity index is 2850. The molecule has 2 heterocycles. The molecule has 0 fully saturated rings. The molecule has 0 unspecified atom stereocenters. The number of thiophene rings is 1. The Hall–Kier alpha value is -6.62. The number of anilines is 3. The lowest BCUT2D eigenvalue weighted by atomic mass is 9.95. The fourth-order valence-electron chi connectivity index (χ4n) is 7.41. The van der Waals surface area contributed by atoms with Gasteiger partial charge in [0.15, 0.2) is 0 Å². The van der Waals surface area contributed by atoms with Crippen LogP contribution in [0.4, 0.5) is 17.1 Å². The summed E-state index contributed by atoms with van der Waals surface area (Å²) in [6.45, 7) is 0. The van der Waals surface area contributed by atoms with Gasteiger partial charge in [0.2, 0.25) is 0 Å². The number of para-hydroxylation sites is 2. The Morgan fingerprint density at radius 1 is 0.404 bits per heavy atom. The van der Waals surface area contributed by atoms with Crippen LogP contribution >= 0.6 is 11.3 Å². The SMILES string of the molecule is c1ccc(-c2nc3ccc4cc(-c5cc(N(c6ccccc6)c6ccccc6)cc6sc7ccccc7c56)ccc4c3nc2-c2ccccc2)cc1. The van der Waals surface area contributed by atoms with Gasteiger partial charge < -0.3 is 4.90 Å². The second-order valence-electron chi connectivity index (χ2n) is 13.0. The summed E-state index contributed by atoms with van der Waals surface area (Å²) in [5.74, 6) is 0. The molecule has 10 aromatic rings. The minimum atomic E-state index is 0.883. The molecule has 0 aliphatic heterocycles. The summed E-state index contributed by atoms with van der Waals surface area (Å²) >= 11 is 1.85. The van der Waals surface area contributed by atoms with Crippen molar-refractivity contribution in [3.8, 4) is 33.6 Å². The number of fused-ring (bicyclic) bond motifs is 6. The molecule has 244 valence electrons. The van der Waals surface area contributed by atoms with Crippen LogP contribution < -0.4 is 4.90 Å². The first-order valence-corrected chi connectivity index (χ1v) is 18.3. The first-order chi connectivity index (χ1) is 25.8. The van der Waals surface area contributed by atoms with E-state index < -0.39 is 0 Å². The average Bonchev–Trinajstić information content (AvgIpc) is 3.60. The maximum Gasteiger partial charge on any atom is 0.0973 e. The number of rotatable bonds is 6. The lowest BCUT2D eigenvalue weighted by Gasteiger charge is -2.26. The Balaban J connectivity index is 1.20. The predicted molar refractivity (Wildman–Crippen MR) is 221 cm³/mol. The second kappa shape index (κ2) is 12.6. The molecule has 0 N–H and O–H groups in total. The molecule has 0 saturated heterocycles. The number of benzene rings is 8. The molecule has 0 radical (unpaired) electrons. The predicted octanol–water partition coefficient (Wildman–Crippen LogP) is 13.6. The third-order valence-corrected chi connectivity index (χ3v) is 10.9. The van der Waals surface area contributed by atoms with E-state index in [0.29, 0.717) is 0 Å². The largest absolute Gasteiger partial charge is 0.310 e. The van der Waals surface area contributed by atoms with Gasteiger partial charge in [-0.15, -0.1) is 11.3 Å². The lowest BCUT2D eigenvalue weighted by Crippen LogP contribution is -2.09. The summed E-state index contributed by atoms with van der Waals surface area (Å²) in [6.07, 6.45) is 0. The summed E-state index contributed by atoms with van der Waals surface area (Å²) in [5.41, 5.74) is 11.4. The highest BCUT2D eigenvalue weighted by Crippen LogP contribution is 2.46. The quantitative estimate of drug-likeness (QED) is 0.164. The average molecular weight is 682 g/mol. The van der Waals surface area contributed by atoms with Crippen LogP contribution in [0.25, 0.3) is 75.6 Å². The van der Waals surface area contributed by atoms with E-state index in [1.165, 1.54) is 31.3 Å². The molecular formula is C48H31N3S. The van der Waals surface area contributed by atoms with Gasteiger partial charge >= 0.3 is 0 Å². The second-order valence-corrected chi connectivity index (χ2v) is 14.1. The zero-order chi connectivity index (χ0) is 34.4. The van der Waals surface area contributed by atoms with Crippen LogP contribution in [0, 0.1) is 0 Å². The summed E-state index contributed by atoms with van der Waals surface area (Å²) in [6, 6.07) is 66.6. The molecule has 0 saturated carbocycles. The van der Waals surface area contributed by atoms with E-state index in [1.807, 2.05) is 23.5 Å². The van der Waals surface area contributed by atoms with E-state index in [4.69, 9.17) is 9.97 Å². The molecule has 4 heteroatoms. The summed E-state index contributed by atoms with van der Waals surface area (Å²) in [4.78, 5) is 13.0.